The summed E-state index contributed by atoms with van der Waals surface area (Å²) in [5, 5.41) is 0.761. The van der Waals surface area contributed by atoms with Crippen LogP contribution in [0.25, 0.3) is 0 Å². The molecular weight excluding hydrogens is 301 g/mol. The number of thioether (sulfide) groups is 1. The van der Waals surface area contributed by atoms with Crippen LogP contribution in [0.1, 0.15) is 5.56 Å². The third-order valence-electron chi connectivity index (χ3n) is 3.63. The summed E-state index contributed by atoms with van der Waals surface area (Å²) in [4.78, 5) is 1.27. The molecule has 2 aromatic carbocycles. The second-order valence-electron chi connectivity index (χ2n) is 4.88. The first-order valence-corrected chi connectivity index (χ1v) is 9.48. The van der Waals surface area contributed by atoms with Crippen molar-refractivity contribution in [3.63, 3.8) is 0 Å². The summed E-state index contributed by atoms with van der Waals surface area (Å²) in [5.41, 5.74) is 1.22. The molecule has 2 aromatic rings. The lowest BCUT2D eigenvalue weighted by molar-refractivity contribution is 0.318. The maximum absolute atomic E-state index is 13.4. The van der Waals surface area contributed by atoms with Crippen molar-refractivity contribution in [2.75, 3.05) is 19.4 Å². The van der Waals surface area contributed by atoms with E-state index in [1.807, 2.05) is 52.8 Å². The van der Waals surface area contributed by atoms with Crippen LogP contribution in [0.2, 0.25) is 0 Å². The molecule has 0 amide bonds. The van der Waals surface area contributed by atoms with E-state index < -0.39 is 7.52 Å². The molecule has 1 heterocycles. The minimum Gasteiger partial charge on any atom is -0.317 e. The van der Waals surface area contributed by atoms with Gasteiger partial charge in [-0.05, 0) is 23.8 Å². The van der Waals surface area contributed by atoms with Gasteiger partial charge in [-0.1, -0.05) is 36.4 Å². The standard InChI is InChI=1S/C16H18NO2PS/c1-19-20(18,15-8-3-2-4-9-15)17-11-12-21-16-10-6-5-7-14(16)13-17/h2-10H,11-13H2,1H3/t20-/m1/s1. The van der Waals surface area contributed by atoms with Gasteiger partial charge in [-0.2, -0.15) is 0 Å². The zero-order valence-electron chi connectivity index (χ0n) is 11.9. The van der Waals surface area contributed by atoms with Crippen molar-refractivity contribution < 1.29 is 9.09 Å². The molecule has 21 heavy (non-hydrogen) atoms. The second kappa shape index (κ2) is 6.37. The van der Waals surface area contributed by atoms with E-state index in [0.717, 1.165) is 17.6 Å². The number of nitrogens with zero attached hydrogens (tertiary/aromatic N) is 1. The second-order valence-corrected chi connectivity index (χ2v) is 8.51. The fourth-order valence-corrected chi connectivity index (χ4v) is 5.72. The first-order valence-electron chi connectivity index (χ1n) is 6.91. The Morgan fingerprint density at radius 2 is 1.81 bits per heavy atom. The molecule has 0 N–H and O–H groups in total. The average molecular weight is 319 g/mol. The van der Waals surface area contributed by atoms with Crippen molar-refractivity contribution in [1.82, 2.24) is 4.67 Å². The van der Waals surface area contributed by atoms with E-state index >= 15 is 0 Å². The Bertz CT molecular complexity index is 662. The summed E-state index contributed by atoms with van der Waals surface area (Å²) in [6.45, 7) is 1.41. The van der Waals surface area contributed by atoms with Crippen LogP contribution in [0.5, 0.6) is 0 Å². The molecule has 5 heteroatoms. The molecule has 0 bridgehead atoms. The van der Waals surface area contributed by atoms with E-state index in [1.54, 1.807) is 0 Å². The molecule has 0 unspecified atom stereocenters. The van der Waals surface area contributed by atoms with Crippen LogP contribution in [-0.4, -0.2) is 24.1 Å². The van der Waals surface area contributed by atoms with Crippen molar-refractivity contribution in [2.45, 2.75) is 11.4 Å². The third kappa shape index (κ3) is 2.95. The first-order chi connectivity index (χ1) is 10.2. The van der Waals surface area contributed by atoms with Crippen molar-refractivity contribution in [2.24, 2.45) is 0 Å². The van der Waals surface area contributed by atoms with E-state index in [-0.39, 0.29) is 0 Å². The highest BCUT2D eigenvalue weighted by Gasteiger charge is 2.34. The molecule has 0 radical (unpaired) electrons. The van der Waals surface area contributed by atoms with E-state index in [0.29, 0.717) is 6.54 Å². The topological polar surface area (TPSA) is 29.5 Å². The minimum atomic E-state index is -2.99. The Morgan fingerprint density at radius 3 is 2.57 bits per heavy atom. The predicted molar refractivity (Wildman–Crippen MR) is 88.3 cm³/mol. The van der Waals surface area contributed by atoms with Gasteiger partial charge in [-0.25, -0.2) is 4.67 Å². The largest absolute Gasteiger partial charge is 0.317 e. The Kier molecular flexibility index (Phi) is 4.51. The summed E-state index contributed by atoms with van der Waals surface area (Å²) < 4.78 is 20.9. The van der Waals surface area contributed by atoms with E-state index in [1.165, 1.54) is 17.6 Å². The van der Waals surface area contributed by atoms with Gasteiger partial charge in [0.15, 0.2) is 0 Å². The number of hydrogen-bond donors (Lipinski definition) is 0. The summed E-state index contributed by atoms with van der Waals surface area (Å²) in [5.74, 6) is 0.914. The van der Waals surface area contributed by atoms with Gasteiger partial charge in [0.05, 0.1) is 5.30 Å². The highest BCUT2D eigenvalue weighted by molar-refractivity contribution is 7.99. The van der Waals surface area contributed by atoms with Crippen LogP contribution in [0.4, 0.5) is 0 Å². The number of hydrogen-bond acceptors (Lipinski definition) is 3. The van der Waals surface area contributed by atoms with Crippen molar-refractivity contribution in [3.05, 3.63) is 60.2 Å². The van der Waals surface area contributed by atoms with Gasteiger partial charge in [0.2, 0.25) is 0 Å². The maximum Gasteiger partial charge on any atom is 0.302 e. The van der Waals surface area contributed by atoms with Crippen LogP contribution >= 0.6 is 19.3 Å². The van der Waals surface area contributed by atoms with Crippen molar-refractivity contribution in [3.8, 4) is 0 Å². The Balaban J connectivity index is 1.97. The lowest BCUT2D eigenvalue weighted by Crippen LogP contribution is -2.27. The SMILES string of the molecule is CO[P@](=O)(c1ccccc1)N1CCSc2ccccc2C1. The van der Waals surface area contributed by atoms with Crippen molar-refractivity contribution >= 4 is 24.6 Å². The zero-order valence-corrected chi connectivity index (χ0v) is 13.6. The normalized spacial score (nSPS) is 18.5. The van der Waals surface area contributed by atoms with Crippen LogP contribution in [0, 0.1) is 0 Å². The minimum absolute atomic E-state index is 0.656. The summed E-state index contributed by atoms with van der Waals surface area (Å²) in [6.07, 6.45) is 0. The quantitative estimate of drug-likeness (QED) is 0.806. The molecule has 3 nitrogen and oxygen atoms in total. The smallest absolute Gasteiger partial charge is 0.302 e. The summed E-state index contributed by atoms with van der Waals surface area (Å²) in [6, 6.07) is 17.8. The molecule has 1 atom stereocenters. The maximum atomic E-state index is 13.4. The van der Waals surface area contributed by atoms with Crippen LogP contribution < -0.4 is 5.30 Å². The monoisotopic (exact) mass is 319 g/mol. The van der Waals surface area contributed by atoms with Gasteiger partial charge < -0.3 is 4.52 Å². The Morgan fingerprint density at radius 1 is 1.10 bits per heavy atom. The molecule has 1 aliphatic heterocycles. The van der Waals surface area contributed by atoms with E-state index in [9.17, 15) is 4.57 Å². The third-order valence-corrected chi connectivity index (χ3v) is 7.26. The summed E-state index contributed by atoms with van der Waals surface area (Å²) in [7, 11) is -1.45. The van der Waals surface area contributed by atoms with Gasteiger partial charge in [-0.15, -0.1) is 11.8 Å². The van der Waals surface area contributed by atoms with E-state index in [4.69, 9.17) is 4.52 Å². The highest BCUT2D eigenvalue weighted by Crippen LogP contribution is 2.51. The van der Waals surface area contributed by atoms with E-state index in [2.05, 4.69) is 18.2 Å². The molecule has 0 aliphatic carbocycles. The Labute approximate surface area is 129 Å². The van der Waals surface area contributed by atoms with Crippen LogP contribution in [-0.2, 0) is 15.6 Å². The fourth-order valence-electron chi connectivity index (χ4n) is 2.54. The van der Waals surface area contributed by atoms with Gasteiger partial charge in [-0.3, -0.25) is 4.57 Å². The number of rotatable bonds is 3. The molecular formula is C16H18NO2PS. The summed E-state index contributed by atoms with van der Waals surface area (Å²) >= 11 is 1.82. The number of benzene rings is 2. The van der Waals surface area contributed by atoms with Crippen LogP contribution in [0.15, 0.2) is 59.5 Å². The average Bonchev–Trinajstić information content (AvgIpc) is 2.77. The Hall–Kier alpha value is -1.06. The number of fused-ring (bicyclic) bond motifs is 1. The molecule has 0 aromatic heterocycles. The molecule has 110 valence electrons. The first kappa shape index (κ1) is 14.9. The molecule has 0 fully saturated rings. The molecule has 0 spiro atoms. The zero-order chi connectivity index (χ0) is 14.7. The molecule has 3 rings (SSSR count). The lowest BCUT2D eigenvalue weighted by atomic mass is 10.2. The molecule has 0 saturated carbocycles. The van der Waals surface area contributed by atoms with Crippen LogP contribution in [0.3, 0.4) is 0 Å². The highest BCUT2D eigenvalue weighted by atomic mass is 32.2. The molecule has 0 saturated heterocycles. The van der Waals surface area contributed by atoms with Gasteiger partial charge in [0.1, 0.15) is 0 Å². The molecule has 1 aliphatic rings. The van der Waals surface area contributed by atoms with Gasteiger partial charge >= 0.3 is 7.52 Å². The predicted octanol–water partition coefficient (Wildman–Crippen LogP) is 3.76. The fraction of sp³-hybridized carbons (Fsp3) is 0.250. The van der Waals surface area contributed by atoms with Crippen molar-refractivity contribution in [1.29, 1.82) is 0 Å². The van der Waals surface area contributed by atoms with Gasteiger partial charge in [0, 0.05) is 30.8 Å². The van der Waals surface area contributed by atoms with Gasteiger partial charge in [0.25, 0.3) is 0 Å². The lowest BCUT2D eigenvalue weighted by Gasteiger charge is -2.29.